The second-order valence-corrected chi connectivity index (χ2v) is 9.64. The van der Waals surface area contributed by atoms with Gasteiger partial charge in [0.05, 0.1) is 5.25 Å². The number of rotatable bonds is 7. The Balaban J connectivity index is 1.67. The predicted molar refractivity (Wildman–Crippen MR) is 140 cm³/mol. The molecule has 3 aromatic rings. The number of nitrogens with zero attached hydrogens (tertiary/aromatic N) is 2. The number of nitrogens with one attached hydrogen (secondary N) is 1. The molecular weight excluding hydrogens is 454 g/mol. The van der Waals surface area contributed by atoms with Gasteiger partial charge in [-0.3, -0.25) is 14.5 Å². The molecule has 1 aliphatic heterocycles. The molecule has 3 aromatic carbocycles. The molecule has 0 bridgehead atoms. The number of nitriles is 1. The Bertz CT molecular complexity index is 1280. The minimum atomic E-state index is -0.488. The maximum atomic E-state index is 13.6. The number of aryl methyl sites for hydroxylation is 2. The average Bonchev–Trinajstić information content (AvgIpc) is 3.20. The highest BCUT2D eigenvalue weighted by molar-refractivity contribution is 8.05. The number of carbonyl (C=O) groups is 2. The van der Waals surface area contributed by atoms with Gasteiger partial charge in [0.1, 0.15) is 16.7 Å². The van der Waals surface area contributed by atoms with Gasteiger partial charge in [-0.1, -0.05) is 91.0 Å². The van der Waals surface area contributed by atoms with E-state index < -0.39 is 11.2 Å². The molecule has 1 atom stereocenters. The molecule has 35 heavy (non-hydrogen) atoms. The second kappa shape index (κ2) is 11.1. The number of hydrogen-bond acceptors (Lipinski definition) is 4. The van der Waals surface area contributed by atoms with Crippen molar-refractivity contribution in [3.8, 4) is 6.07 Å². The summed E-state index contributed by atoms with van der Waals surface area (Å²) in [6.45, 7) is 4.39. The third-order valence-corrected chi connectivity index (χ3v) is 7.21. The van der Waals surface area contributed by atoms with Crippen LogP contribution >= 0.6 is 11.8 Å². The highest BCUT2D eigenvalue weighted by Crippen LogP contribution is 2.42. The Kier molecular flexibility index (Phi) is 7.69. The van der Waals surface area contributed by atoms with Crippen molar-refractivity contribution in [2.24, 2.45) is 0 Å². The van der Waals surface area contributed by atoms with Crippen LogP contribution in [0, 0.1) is 18.3 Å². The quantitative estimate of drug-likeness (QED) is 0.367. The van der Waals surface area contributed by atoms with Crippen LogP contribution in [0.1, 0.15) is 29.2 Å². The molecule has 0 spiro atoms. The number of thioether (sulfide) groups is 1. The first-order valence-corrected chi connectivity index (χ1v) is 12.5. The van der Waals surface area contributed by atoms with Crippen LogP contribution in [-0.2, 0) is 29.0 Å². The molecule has 6 heteroatoms. The summed E-state index contributed by atoms with van der Waals surface area (Å²) in [5.74, 6) is -0.615. The summed E-state index contributed by atoms with van der Waals surface area (Å²) in [7, 11) is 0. The van der Waals surface area contributed by atoms with E-state index >= 15 is 0 Å². The van der Waals surface area contributed by atoms with Crippen molar-refractivity contribution >= 4 is 29.3 Å². The van der Waals surface area contributed by atoms with E-state index in [2.05, 4.69) is 18.3 Å². The third-order valence-electron chi connectivity index (χ3n) is 5.95. The summed E-state index contributed by atoms with van der Waals surface area (Å²) >= 11 is 1.29. The maximum Gasteiger partial charge on any atom is 0.264 e. The van der Waals surface area contributed by atoms with Gasteiger partial charge in [-0.25, -0.2) is 0 Å². The smallest absolute Gasteiger partial charge is 0.264 e. The topological polar surface area (TPSA) is 73.2 Å². The lowest BCUT2D eigenvalue weighted by atomic mass is 10.1. The van der Waals surface area contributed by atoms with Crippen molar-refractivity contribution in [1.82, 2.24) is 5.32 Å². The van der Waals surface area contributed by atoms with E-state index in [1.165, 1.54) is 16.7 Å². The molecule has 0 radical (unpaired) electrons. The van der Waals surface area contributed by atoms with Gasteiger partial charge in [-0.15, -0.1) is 0 Å². The van der Waals surface area contributed by atoms with Crippen LogP contribution in [0.15, 0.2) is 89.5 Å². The number of anilines is 1. The van der Waals surface area contributed by atoms with Crippen LogP contribution in [-0.4, -0.2) is 17.1 Å². The maximum absolute atomic E-state index is 13.6. The summed E-state index contributed by atoms with van der Waals surface area (Å²) in [5.41, 5.74) is 4.88. The zero-order valence-electron chi connectivity index (χ0n) is 19.8. The molecule has 0 aromatic heterocycles. The van der Waals surface area contributed by atoms with Gasteiger partial charge >= 0.3 is 0 Å². The minimum absolute atomic E-state index is 0.0507. The molecular formula is C29H27N3O2S. The highest BCUT2D eigenvalue weighted by Gasteiger charge is 2.40. The van der Waals surface area contributed by atoms with E-state index in [1.807, 2.05) is 85.8 Å². The molecule has 176 valence electrons. The van der Waals surface area contributed by atoms with Crippen LogP contribution in [0.4, 0.5) is 5.69 Å². The van der Waals surface area contributed by atoms with E-state index in [9.17, 15) is 14.9 Å². The van der Waals surface area contributed by atoms with Gasteiger partial charge in [0, 0.05) is 12.2 Å². The zero-order chi connectivity index (χ0) is 24.8. The SMILES string of the molecule is CCc1ccc(N2C(=O)C(Cc3ccc(C)cc3)S/C2=C(/C#N)C(=O)NCc2ccccc2)cc1. The fourth-order valence-electron chi connectivity index (χ4n) is 3.91. The standard InChI is InChI=1S/C29H27N3O2S/c1-3-21-13-15-24(16-14-21)32-28(34)26(17-22-11-9-20(2)10-12-22)35-29(32)25(18-30)27(33)31-19-23-7-5-4-6-8-23/h4-16,26H,3,17,19H2,1-2H3,(H,31,33)/b29-25-. The Hall–Kier alpha value is -3.82. The summed E-state index contributed by atoms with van der Waals surface area (Å²) in [5, 5.41) is 12.8. The van der Waals surface area contributed by atoms with Gasteiger partial charge in [0.15, 0.2) is 0 Å². The minimum Gasteiger partial charge on any atom is -0.347 e. The largest absolute Gasteiger partial charge is 0.347 e. The monoisotopic (exact) mass is 481 g/mol. The Morgan fingerprint density at radius 3 is 2.26 bits per heavy atom. The first kappa shape index (κ1) is 24.3. The lowest BCUT2D eigenvalue weighted by Crippen LogP contribution is -2.32. The number of hydrogen-bond donors (Lipinski definition) is 1. The molecule has 0 saturated carbocycles. The van der Waals surface area contributed by atoms with Gasteiger partial charge in [-0.05, 0) is 48.6 Å². The van der Waals surface area contributed by atoms with Gasteiger partial charge in [0.2, 0.25) is 5.91 Å². The normalized spacial score (nSPS) is 16.7. The lowest BCUT2D eigenvalue weighted by Gasteiger charge is -2.19. The van der Waals surface area contributed by atoms with Crippen LogP contribution < -0.4 is 10.2 Å². The molecule has 1 unspecified atom stereocenters. The Morgan fingerprint density at radius 2 is 1.63 bits per heavy atom. The van der Waals surface area contributed by atoms with Gasteiger partial charge in [-0.2, -0.15) is 5.26 Å². The molecule has 5 nitrogen and oxygen atoms in total. The first-order valence-electron chi connectivity index (χ1n) is 11.6. The third kappa shape index (κ3) is 5.64. The van der Waals surface area contributed by atoms with Crippen LogP contribution in [0.2, 0.25) is 0 Å². The van der Waals surface area contributed by atoms with Gasteiger partial charge < -0.3 is 5.32 Å². The van der Waals surface area contributed by atoms with E-state index in [-0.39, 0.29) is 11.5 Å². The lowest BCUT2D eigenvalue weighted by molar-refractivity contribution is -0.117. The Morgan fingerprint density at radius 1 is 0.971 bits per heavy atom. The van der Waals surface area contributed by atoms with Crippen LogP contribution in [0.3, 0.4) is 0 Å². The van der Waals surface area contributed by atoms with Gasteiger partial charge in [0.25, 0.3) is 5.91 Å². The number of benzene rings is 3. The average molecular weight is 482 g/mol. The van der Waals surface area contributed by atoms with E-state index in [4.69, 9.17) is 0 Å². The summed E-state index contributed by atoms with van der Waals surface area (Å²) in [6.07, 6.45) is 1.40. The fourth-order valence-corrected chi connectivity index (χ4v) is 5.22. The van der Waals surface area contributed by atoms with Crippen molar-refractivity contribution in [1.29, 1.82) is 5.26 Å². The molecule has 1 N–H and O–H groups in total. The summed E-state index contributed by atoms with van der Waals surface area (Å²) in [6, 6.07) is 27.4. The highest BCUT2D eigenvalue weighted by atomic mass is 32.2. The Labute approximate surface area is 210 Å². The molecule has 1 heterocycles. The van der Waals surface area contributed by atoms with Crippen molar-refractivity contribution in [3.05, 3.63) is 112 Å². The second-order valence-electron chi connectivity index (χ2n) is 8.45. The van der Waals surface area contributed by atoms with E-state index in [0.29, 0.717) is 23.7 Å². The zero-order valence-corrected chi connectivity index (χ0v) is 20.6. The van der Waals surface area contributed by atoms with Crippen LogP contribution in [0.25, 0.3) is 0 Å². The molecule has 4 rings (SSSR count). The number of amides is 2. The molecule has 1 fully saturated rings. The van der Waals surface area contributed by atoms with Crippen molar-refractivity contribution in [2.75, 3.05) is 4.90 Å². The van der Waals surface area contributed by atoms with E-state index in [1.54, 1.807) is 0 Å². The van der Waals surface area contributed by atoms with Crippen LogP contribution in [0.5, 0.6) is 0 Å². The predicted octanol–water partition coefficient (Wildman–Crippen LogP) is 5.30. The fraction of sp³-hybridized carbons (Fsp3) is 0.207. The first-order chi connectivity index (χ1) is 17.0. The number of carbonyl (C=O) groups excluding carboxylic acids is 2. The summed E-state index contributed by atoms with van der Waals surface area (Å²) < 4.78 is 0. The van der Waals surface area contributed by atoms with Crippen molar-refractivity contribution < 1.29 is 9.59 Å². The van der Waals surface area contributed by atoms with E-state index in [0.717, 1.165) is 28.7 Å². The molecule has 1 saturated heterocycles. The van der Waals surface area contributed by atoms with Crippen molar-refractivity contribution in [2.45, 2.75) is 38.5 Å². The van der Waals surface area contributed by atoms with Crippen molar-refractivity contribution in [3.63, 3.8) is 0 Å². The molecule has 1 aliphatic rings. The molecule has 0 aliphatic carbocycles. The summed E-state index contributed by atoms with van der Waals surface area (Å²) in [4.78, 5) is 28.2. The molecule has 2 amide bonds.